The van der Waals surface area contributed by atoms with Gasteiger partial charge in [0.25, 0.3) is 0 Å². The molecule has 4 aliphatic rings. The summed E-state index contributed by atoms with van der Waals surface area (Å²) in [4.78, 5) is 11.7. The van der Waals surface area contributed by atoms with Crippen molar-refractivity contribution >= 4 is 5.91 Å². The molecule has 0 aromatic carbocycles. The minimum atomic E-state index is -0.340. The lowest BCUT2D eigenvalue weighted by molar-refractivity contribution is -0.115. The summed E-state index contributed by atoms with van der Waals surface area (Å²) in [7, 11) is 0. The molecular formula is C22H33NO. The van der Waals surface area contributed by atoms with Crippen molar-refractivity contribution < 1.29 is 4.79 Å². The average Bonchev–Trinajstić information content (AvgIpc) is 2.90. The van der Waals surface area contributed by atoms with Crippen LogP contribution in [0.5, 0.6) is 0 Å². The molecule has 0 aliphatic heterocycles. The molecule has 2 heteroatoms. The van der Waals surface area contributed by atoms with Crippen LogP contribution in [0.3, 0.4) is 0 Å². The number of amides is 1. The van der Waals surface area contributed by atoms with Crippen LogP contribution in [0.2, 0.25) is 0 Å². The largest absolute Gasteiger partial charge is 0.366 e. The quantitative estimate of drug-likeness (QED) is 0.713. The summed E-state index contributed by atoms with van der Waals surface area (Å²) in [6, 6.07) is 0. The van der Waals surface area contributed by atoms with Crippen molar-refractivity contribution in [1.82, 2.24) is 0 Å². The minimum absolute atomic E-state index is 0.130. The zero-order valence-electron chi connectivity index (χ0n) is 15.4. The number of carbonyl (C=O) groups excluding carboxylic acids is 1. The van der Waals surface area contributed by atoms with Gasteiger partial charge in [-0.25, -0.2) is 0 Å². The van der Waals surface area contributed by atoms with E-state index in [1.807, 2.05) is 0 Å². The third-order valence-corrected chi connectivity index (χ3v) is 8.79. The molecule has 3 fully saturated rings. The number of allylic oxidation sites excluding steroid dienone is 1. The molecule has 3 saturated carbocycles. The molecular weight excluding hydrogens is 294 g/mol. The molecule has 0 heterocycles. The predicted octanol–water partition coefficient (Wildman–Crippen LogP) is 5.00. The highest BCUT2D eigenvalue weighted by atomic mass is 16.1. The molecule has 132 valence electrons. The van der Waals surface area contributed by atoms with Gasteiger partial charge in [0, 0.05) is 5.57 Å². The average molecular weight is 328 g/mol. The molecule has 0 radical (unpaired) electrons. The van der Waals surface area contributed by atoms with Crippen molar-refractivity contribution in [2.24, 2.45) is 40.2 Å². The van der Waals surface area contributed by atoms with E-state index in [1.165, 1.54) is 56.9 Å². The molecule has 0 bridgehead atoms. The second-order valence-corrected chi connectivity index (χ2v) is 9.56. The summed E-state index contributed by atoms with van der Waals surface area (Å²) in [5, 5.41) is 0. The number of hydrogen-bond donors (Lipinski definition) is 1. The first-order chi connectivity index (χ1) is 11.4. The minimum Gasteiger partial charge on any atom is -0.366 e. The van der Waals surface area contributed by atoms with Gasteiger partial charge < -0.3 is 5.73 Å². The van der Waals surface area contributed by atoms with E-state index in [9.17, 15) is 4.79 Å². The predicted molar refractivity (Wildman–Crippen MR) is 98.1 cm³/mol. The van der Waals surface area contributed by atoms with E-state index in [0.717, 1.165) is 24.2 Å². The standard InChI is InChI=1S/C22H33NO/c1-14(20(23)24)17-9-10-18-16-8-7-15-6-4-5-12-21(15,2)19(16)11-13-22(17,18)3/h9,15-16,18-19H,1,4-8,10-13H2,2-3H3,(H2,23,24)/t15?,16-,18-,19-,21-,22+/m0/s1. The Morgan fingerprint density at radius 1 is 1.12 bits per heavy atom. The Morgan fingerprint density at radius 3 is 2.67 bits per heavy atom. The Bertz CT molecular complexity index is 605. The molecule has 2 nitrogen and oxygen atoms in total. The Hall–Kier alpha value is -1.05. The van der Waals surface area contributed by atoms with Crippen LogP contribution >= 0.6 is 0 Å². The zero-order valence-corrected chi connectivity index (χ0v) is 15.4. The molecule has 1 amide bonds. The fourth-order valence-corrected chi connectivity index (χ4v) is 7.46. The van der Waals surface area contributed by atoms with Crippen LogP contribution in [-0.4, -0.2) is 5.91 Å². The SMILES string of the molecule is C=C(C(N)=O)C1=CC[C@H]2[C@@H]3CCC4CCCC[C@]4(C)[C@H]3CC[C@]12C. The zero-order chi connectivity index (χ0) is 17.1. The number of rotatable bonds is 2. The topological polar surface area (TPSA) is 43.1 Å². The molecule has 0 spiro atoms. The number of nitrogens with two attached hydrogens (primary N) is 1. The lowest BCUT2D eigenvalue weighted by atomic mass is 9.45. The maximum atomic E-state index is 11.7. The van der Waals surface area contributed by atoms with E-state index in [0.29, 0.717) is 16.9 Å². The van der Waals surface area contributed by atoms with E-state index in [2.05, 4.69) is 26.5 Å². The molecule has 0 saturated heterocycles. The Kier molecular flexibility index (Phi) is 3.75. The van der Waals surface area contributed by atoms with Crippen LogP contribution in [0, 0.1) is 34.5 Å². The van der Waals surface area contributed by atoms with Crippen LogP contribution in [0.1, 0.15) is 71.6 Å². The monoisotopic (exact) mass is 327 g/mol. The summed E-state index contributed by atoms with van der Waals surface area (Å²) in [6.45, 7) is 9.01. The van der Waals surface area contributed by atoms with E-state index in [1.54, 1.807) is 0 Å². The molecule has 4 aliphatic carbocycles. The molecule has 2 N–H and O–H groups in total. The smallest absolute Gasteiger partial charge is 0.248 e. The molecule has 1 unspecified atom stereocenters. The summed E-state index contributed by atoms with van der Waals surface area (Å²) in [5.41, 5.74) is 8.00. The van der Waals surface area contributed by atoms with Crippen LogP contribution in [-0.2, 0) is 4.79 Å². The lowest BCUT2D eigenvalue weighted by Crippen LogP contribution is -2.52. The summed E-state index contributed by atoms with van der Waals surface area (Å²) >= 11 is 0. The lowest BCUT2D eigenvalue weighted by Gasteiger charge is -2.60. The summed E-state index contributed by atoms with van der Waals surface area (Å²) < 4.78 is 0. The van der Waals surface area contributed by atoms with Gasteiger partial charge in [-0.2, -0.15) is 0 Å². The van der Waals surface area contributed by atoms with Crippen LogP contribution < -0.4 is 5.73 Å². The molecule has 24 heavy (non-hydrogen) atoms. The molecule has 4 rings (SSSR count). The van der Waals surface area contributed by atoms with Crippen LogP contribution in [0.15, 0.2) is 23.8 Å². The number of fused-ring (bicyclic) bond motifs is 5. The van der Waals surface area contributed by atoms with Gasteiger partial charge in [-0.1, -0.05) is 39.3 Å². The molecule has 0 aromatic rings. The van der Waals surface area contributed by atoms with Crippen molar-refractivity contribution in [3.05, 3.63) is 23.8 Å². The van der Waals surface area contributed by atoms with Gasteiger partial charge in [-0.05, 0) is 85.0 Å². The van der Waals surface area contributed by atoms with E-state index < -0.39 is 0 Å². The van der Waals surface area contributed by atoms with Gasteiger partial charge in [-0.3, -0.25) is 4.79 Å². The van der Waals surface area contributed by atoms with Gasteiger partial charge >= 0.3 is 0 Å². The summed E-state index contributed by atoms with van der Waals surface area (Å²) in [6.07, 6.45) is 14.6. The first kappa shape index (κ1) is 16.4. The molecule has 0 aromatic heterocycles. The number of primary amides is 1. The molecule has 6 atom stereocenters. The highest BCUT2D eigenvalue weighted by Crippen LogP contribution is 2.66. The highest BCUT2D eigenvalue weighted by molar-refractivity contribution is 5.96. The Morgan fingerprint density at radius 2 is 1.92 bits per heavy atom. The van der Waals surface area contributed by atoms with Gasteiger partial charge in [0.1, 0.15) is 0 Å². The second kappa shape index (κ2) is 5.47. The fraction of sp³-hybridized carbons (Fsp3) is 0.773. The van der Waals surface area contributed by atoms with Gasteiger partial charge in [0.15, 0.2) is 0 Å². The summed E-state index contributed by atoms with van der Waals surface area (Å²) in [5.74, 6) is 3.04. The normalized spacial score (nSPS) is 47.2. The van der Waals surface area contributed by atoms with Crippen LogP contribution in [0.25, 0.3) is 0 Å². The van der Waals surface area contributed by atoms with Crippen molar-refractivity contribution in [2.45, 2.75) is 71.6 Å². The van der Waals surface area contributed by atoms with Crippen molar-refractivity contribution in [3.63, 3.8) is 0 Å². The maximum Gasteiger partial charge on any atom is 0.248 e. The number of hydrogen-bond acceptors (Lipinski definition) is 1. The van der Waals surface area contributed by atoms with Gasteiger partial charge in [0.2, 0.25) is 5.91 Å². The maximum absolute atomic E-state index is 11.7. The van der Waals surface area contributed by atoms with Crippen LogP contribution in [0.4, 0.5) is 0 Å². The second-order valence-electron chi connectivity index (χ2n) is 9.56. The fourth-order valence-electron chi connectivity index (χ4n) is 7.46. The third-order valence-electron chi connectivity index (χ3n) is 8.79. The Labute approximate surface area is 147 Å². The van der Waals surface area contributed by atoms with E-state index in [-0.39, 0.29) is 11.3 Å². The first-order valence-corrected chi connectivity index (χ1v) is 10.1. The Balaban J connectivity index is 1.63. The highest BCUT2D eigenvalue weighted by Gasteiger charge is 2.58. The van der Waals surface area contributed by atoms with E-state index in [4.69, 9.17) is 5.73 Å². The van der Waals surface area contributed by atoms with Crippen molar-refractivity contribution in [2.75, 3.05) is 0 Å². The van der Waals surface area contributed by atoms with Gasteiger partial charge in [0.05, 0.1) is 0 Å². The number of carbonyl (C=O) groups is 1. The van der Waals surface area contributed by atoms with Crippen molar-refractivity contribution in [1.29, 1.82) is 0 Å². The van der Waals surface area contributed by atoms with Crippen molar-refractivity contribution in [3.8, 4) is 0 Å². The first-order valence-electron chi connectivity index (χ1n) is 10.1. The van der Waals surface area contributed by atoms with E-state index >= 15 is 0 Å². The third kappa shape index (κ3) is 2.10. The van der Waals surface area contributed by atoms with Gasteiger partial charge in [-0.15, -0.1) is 0 Å².